The van der Waals surface area contributed by atoms with E-state index < -0.39 is 0 Å². The minimum absolute atomic E-state index is 0.0272. The van der Waals surface area contributed by atoms with Gasteiger partial charge in [-0.3, -0.25) is 4.79 Å². The third-order valence-corrected chi connectivity index (χ3v) is 6.69. The van der Waals surface area contributed by atoms with Crippen molar-refractivity contribution in [3.05, 3.63) is 47.5 Å². The number of ether oxygens (including phenoxy) is 3. The Morgan fingerprint density at radius 1 is 1.31 bits per heavy atom. The lowest BCUT2D eigenvalue weighted by atomic mass is 9.81. The highest BCUT2D eigenvalue weighted by molar-refractivity contribution is 5.71. The molecule has 0 unspecified atom stereocenters. The molecule has 1 N–H and O–H groups in total. The summed E-state index contributed by atoms with van der Waals surface area (Å²) >= 11 is 0. The molecule has 0 radical (unpaired) electrons. The molecule has 29 heavy (non-hydrogen) atoms. The lowest BCUT2D eigenvalue weighted by Gasteiger charge is -2.24. The van der Waals surface area contributed by atoms with E-state index in [-0.39, 0.29) is 30.3 Å². The van der Waals surface area contributed by atoms with Gasteiger partial charge in [0, 0.05) is 12.5 Å². The van der Waals surface area contributed by atoms with E-state index in [0.29, 0.717) is 18.4 Å². The standard InChI is InChI=1S/C24H33NO4/c1-17-7-6-12-24(2)23(29-24)22-20(11-10-17)19(16-28-22)13-25-14-21(26)27-15-18-8-4-3-5-9-18/h3-5,7-9,19-20,22-23,25H,6,10-16H2,1-2H3/b17-7+/t19-,20+,22+,23+,24-/m1/s1. The van der Waals surface area contributed by atoms with Crippen molar-refractivity contribution in [1.82, 2.24) is 5.32 Å². The Hall–Kier alpha value is -1.69. The van der Waals surface area contributed by atoms with Gasteiger partial charge in [-0.15, -0.1) is 0 Å². The zero-order valence-electron chi connectivity index (χ0n) is 17.6. The number of rotatable bonds is 6. The van der Waals surface area contributed by atoms with Gasteiger partial charge in [-0.1, -0.05) is 42.0 Å². The first-order valence-corrected chi connectivity index (χ1v) is 10.9. The smallest absolute Gasteiger partial charge is 0.320 e. The Morgan fingerprint density at radius 3 is 2.97 bits per heavy atom. The Kier molecular flexibility index (Phi) is 6.38. The van der Waals surface area contributed by atoms with E-state index in [9.17, 15) is 4.79 Å². The highest BCUT2D eigenvalue weighted by Gasteiger charge is 2.60. The molecule has 1 aromatic carbocycles. The van der Waals surface area contributed by atoms with Gasteiger partial charge in [0.2, 0.25) is 0 Å². The maximum absolute atomic E-state index is 12.1. The lowest BCUT2D eigenvalue weighted by Crippen LogP contribution is -2.35. The summed E-state index contributed by atoms with van der Waals surface area (Å²) in [6.45, 7) is 6.51. The zero-order chi connectivity index (χ0) is 20.3. The summed E-state index contributed by atoms with van der Waals surface area (Å²) in [7, 11) is 0. The summed E-state index contributed by atoms with van der Waals surface area (Å²) in [4.78, 5) is 12.1. The third-order valence-electron chi connectivity index (χ3n) is 6.69. The van der Waals surface area contributed by atoms with Crippen molar-refractivity contribution >= 4 is 5.97 Å². The minimum Gasteiger partial charge on any atom is -0.460 e. The van der Waals surface area contributed by atoms with Crippen molar-refractivity contribution in [3.63, 3.8) is 0 Å². The number of epoxide rings is 1. The van der Waals surface area contributed by atoms with E-state index in [0.717, 1.165) is 44.4 Å². The van der Waals surface area contributed by atoms with Gasteiger partial charge in [0.05, 0.1) is 24.9 Å². The Balaban J connectivity index is 1.26. The number of hydrogen-bond acceptors (Lipinski definition) is 5. The molecule has 3 aliphatic rings. The molecule has 4 rings (SSSR count). The molecule has 0 amide bonds. The molecule has 5 atom stereocenters. The van der Waals surface area contributed by atoms with Crippen LogP contribution in [0.25, 0.3) is 0 Å². The number of fused-ring (bicyclic) bond motifs is 3. The van der Waals surface area contributed by atoms with E-state index in [1.807, 2.05) is 30.3 Å². The zero-order valence-corrected chi connectivity index (χ0v) is 17.6. The molecule has 5 heteroatoms. The molecule has 0 spiro atoms. The molecule has 2 heterocycles. The van der Waals surface area contributed by atoms with Crippen molar-refractivity contribution in [2.45, 2.75) is 63.9 Å². The topological polar surface area (TPSA) is 60.1 Å². The van der Waals surface area contributed by atoms with Crippen LogP contribution in [0.4, 0.5) is 0 Å². The fraction of sp³-hybridized carbons (Fsp3) is 0.625. The first-order chi connectivity index (χ1) is 14.0. The molecule has 2 aliphatic heterocycles. The van der Waals surface area contributed by atoms with Gasteiger partial charge in [-0.2, -0.15) is 0 Å². The molecule has 158 valence electrons. The van der Waals surface area contributed by atoms with Crippen LogP contribution in [-0.4, -0.2) is 43.5 Å². The van der Waals surface area contributed by atoms with Crippen molar-refractivity contribution < 1.29 is 19.0 Å². The van der Waals surface area contributed by atoms with Crippen LogP contribution < -0.4 is 5.32 Å². The van der Waals surface area contributed by atoms with E-state index in [1.54, 1.807) is 0 Å². The summed E-state index contributed by atoms with van der Waals surface area (Å²) in [5, 5.41) is 3.30. The van der Waals surface area contributed by atoms with Crippen LogP contribution in [0, 0.1) is 11.8 Å². The van der Waals surface area contributed by atoms with Crippen LogP contribution in [0.3, 0.4) is 0 Å². The van der Waals surface area contributed by atoms with Crippen molar-refractivity contribution in [1.29, 1.82) is 0 Å². The normalized spacial score (nSPS) is 35.7. The second-order valence-corrected chi connectivity index (χ2v) is 8.98. The molecule has 1 aliphatic carbocycles. The third kappa shape index (κ3) is 5.08. The van der Waals surface area contributed by atoms with Crippen molar-refractivity contribution in [2.75, 3.05) is 19.7 Å². The monoisotopic (exact) mass is 399 g/mol. The van der Waals surface area contributed by atoms with Crippen LogP contribution in [0.1, 0.15) is 45.1 Å². The largest absolute Gasteiger partial charge is 0.460 e. The predicted octanol–water partition coefficient (Wildman–Crippen LogP) is 3.63. The van der Waals surface area contributed by atoms with Crippen LogP contribution in [-0.2, 0) is 25.6 Å². The number of nitrogens with one attached hydrogen (secondary N) is 1. The SMILES string of the molecule is C/C1=C\CC[C@@]2(C)O[C@H]2[C@H]2OC[C@@H](CNCC(=O)OCc3ccccc3)[C@@H]2CC1. The highest BCUT2D eigenvalue weighted by atomic mass is 16.6. The molecule has 1 aromatic rings. The number of allylic oxidation sites excluding steroid dienone is 2. The van der Waals surface area contributed by atoms with E-state index >= 15 is 0 Å². The molecule has 0 aromatic heterocycles. The van der Waals surface area contributed by atoms with Crippen LogP contribution >= 0.6 is 0 Å². The average molecular weight is 400 g/mol. The van der Waals surface area contributed by atoms with E-state index in [4.69, 9.17) is 14.2 Å². The van der Waals surface area contributed by atoms with Gasteiger partial charge in [-0.25, -0.2) is 0 Å². The lowest BCUT2D eigenvalue weighted by molar-refractivity contribution is -0.143. The van der Waals surface area contributed by atoms with Crippen LogP contribution in [0.2, 0.25) is 0 Å². The molecule has 5 nitrogen and oxygen atoms in total. The van der Waals surface area contributed by atoms with Crippen LogP contribution in [0.5, 0.6) is 0 Å². The van der Waals surface area contributed by atoms with Gasteiger partial charge in [0.1, 0.15) is 12.7 Å². The molecule has 0 saturated carbocycles. The summed E-state index contributed by atoms with van der Waals surface area (Å²) in [5.41, 5.74) is 2.44. The minimum atomic E-state index is -0.216. The van der Waals surface area contributed by atoms with Gasteiger partial charge in [-0.05, 0) is 51.0 Å². The summed E-state index contributed by atoms with van der Waals surface area (Å²) in [5.74, 6) is 0.658. The molecular formula is C24H33NO4. The van der Waals surface area contributed by atoms with Gasteiger partial charge in [0.25, 0.3) is 0 Å². The maximum Gasteiger partial charge on any atom is 0.320 e. The fourth-order valence-electron chi connectivity index (χ4n) is 4.79. The number of benzene rings is 1. The van der Waals surface area contributed by atoms with E-state index in [2.05, 4.69) is 25.2 Å². The second kappa shape index (κ2) is 8.99. The quantitative estimate of drug-likeness (QED) is 0.450. The van der Waals surface area contributed by atoms with Crippen molar-refractivity contribution in [3.8, 4) is 0 Å². The first kappa shape index (κ1) is 20.6. The average Bonchev–Trinajstić information content (AvgIpc) is 3.22. The van der Waals surface area contributed by atoms with E-state index in [1.165, 1.54) is 5.57 Å². The predicted molar refractivity (Wildman–Crippen MR) is 111 cm³/mol. The van der Waals surface area contributed by atoms with Gasteiger partial charge < -0.3 is 19.5 Å². The Morgan fingerprint density at radius 2 is 2.14 bits per heavy atom. The molecular weight excluding hydrogens is 366 g/mol. The Labute approximate surface area is 173 Å². The fourth-order valence-corrected chi connectivity index (χ4v) is 4.79. The molecule has 2 fully saturated rings. The Bertz CT molecular complexity index is 734. The molecule has 0 bridgehead atoms. The number of esters is 1. The van der Waals surface area contributed by atoms with Crippen LogP contribution in [0.15, 0.2) is 42.0 Å². The van der Waals surface area contributed by atoms with Gasteiger partial charge in [0.15, 0.2) is 0 Å². The number of carbonyl (C=O) groups excluding carboxylic acids is 1. The summed E-state index contributed by atoms with van der Waals surface area (Å²) < 4.78 is 17.7. The summed E-state index contributed by atoms with van der Waals surface area (Å²) in [6.07, 6.45) is 7.17. The summed E-state index contributed by atoms with van der Waals surface area (Å²) in [6, 6.07) is 9.77. The van der Waals surface area contributed by atoms with Crippen molar-refractivity contribution in [2.24, 2.45) is 11.8 Å². The highest BCUT2D eigenvalue weighted by Crippen LogP contribution is 2.49. The molecule has 2 saturated heterocycles. The second-order valence-electron chi connectivity index (χ2n) is 8.98. The maximum atomic E-state index is 12.1. The first-order valence-electron chi connectivity index (χ1n) is 10.9. The van der Waals surface area contributed by atoms with Gasteiger partial charge >= 0.3 is 5.97 Å². The number of carbonyl (C=O) groups is 1. The number of hydrogen-bond donors (Lipinski definition) is 1.